The van der Waals surface area contributed by atoms with Gasteiger partial charge in [0.1, 0.15) is 5.69 Å². The summed E-state index contributed by atoms with van der Waals surface area (Å²) in [4.78, 5) is 13.3. The molecular formula is C14H25N5O2. The Hall–Kier alpha value is -1.63. The van der Waals surface area contributed by atoms with Crippen LogP contribution < -0.4 is 10.6 Å². The molecule has 0 spiro atoms. The average Bonchev–Trinajstić information content (AvgIpc) is 2.83. The molecule has 7 heteroatoms. The summed E-state index contributed by atoms with van der Waals surface area (Å²) < 4.78 is 1.64. The van der Waals surface area contributed by atoms with Gasteiger partial charge in [-0.15, -0.1) is 0 Å². The summed E-state index contributed by atoms with van der Waals surface area (Å²) in [5.74, 6) is 1.27. The van der Waals surface area contributed by atoms with Crippen molar-refractivity contribution in [1.82, 2.24) is 9.78 Å². The maximum absolute atomic E-state index is 11.5. The zero-order valence-electron chi connectivity index (χ0n) is 13.1. The highest BCUT2D eigenvalue weighted by Crippen LogP contribution is 2.36. The number of rotatable bonds is 5. The van der Waals surface area contributed by atoms with Gasteiger partial charge >= 0.3 is 5.69 Å². The molecule has 0 aliphatic carbocycles. The molecule has 1 aromatic rings. The van der Waals surface area contributed by atoms with Crippen LogP contribution in [-0.2, 0) is 13.5 Å². The van der Waals surface area contributed by atoms with Crippen LogP contribution in [0.3, 0.4) is 0 Å². The third kappa shape index (κ3) is 2.88. The van der Waals surface area contributed by atoms with E-state index in [9.17, 15) is 10.1 Å². The van der Waals surface area contributed by atoms with Gasteiger partial charge in [0.05, 0.1) is 4.92 Å². The summed E-state index contributed by atoms with van der Waals surface area (Å²) in [5.41, 5.74) is 6.62. The van der Waals surface area contributed by atoms with Gasteiger partial charge in [-0.25, -0.2) is 4.68 Å². The Labute approximate surface area is 125 Å². The molecule has 2 unspecified atom stereocenters. The van der Waals surface area contributed by atoms with Crippen molar-refractivity contribution in [2.45, 2.75) is 45.6 Å². The fraction of sp³-hybridized carbons (Fsp3) is 0.786. The highest BCUT2D eigenvalue weighted by atomic mass is 16.6. The zero-order chi connectivity index (χ0) is 15.6. The van der Waals surface area contributed by atoms with Crippen LogP contribution in [0.15, 0.2) is 0 Å². The van der Waals surface area contributed by atoms with E-state index in [0.29, 0.717) is 30.4 Å². The second-order valence-corrected chi connectivity index (χ2v) is 5.73. The van der Waals surface area contributed by atoms with Crippen LogP contribution in [-0.4, -0.2) is 33.8 Å². The number of nitro groups is 1. The second-order valence-electron chi connectivity index (χ2n) is 5.73. The van der Waals surface area contributed by atoms with Gasteiger partial charge in [0.25, 0.3) is 0 Å². The summed E-state index contributed by atoms with van der Waals surface area (Å²) in [6, 6.07) is 0.155. The Morgan fingerprint density at radius 2 is 2.19 bits per heavy atom. The first-order valence-corrected chi connectivity index (χ1v) is 7.70. The lowest BCUT2D eigenvalue weighted by atomic mass is 9.89. The fourth-order valence-corrected chi connectivity index (χ4v) is 3.31. The lowest BCUT2D eigenvalue weighted by molar-refractivity contribution is -0.384. The highest BCUT2D eigenvalue weighted by molar-refractivity contribution is 5.62. The van der Waals surface area contributed by atoms with Crippen LogP contribution in [0, 0.1) is 16.0 Å². The van der Waals surface area contributed by atoms with E-state index in [-0.39, 0.29) is 16.7 Å². The number of aryl methyl sites for hydroxylation is 2. The molecule has 0 amide bonds. The molecule has 2 heterocycles. The lowest BCUT2D eigenvalue weighted by Crippen LogP contribution is -2.47. The molecule has 0 bridgehead atoms. The van der Waals surface area contributed by atoms with Crippen molar-refractivity contribution in [3.8, 4) is 0 Å². The Bertz CT molecular complexity index is 514. The van der Waals surface area contributed by atoms with Crippen LogP contribution in [0.2, 0.25) is 0 Å². The molecule has 1 aliphatic heterocycles. The predicted molar refractivity (Wildman–Crippen MR) is 82.4 cm³/mol. The van der Waals surface area contributed by atoms with Gasteiger partial charge in [0, 0.05) is 26.2 Å². The predicted octanol–water partition coefficient (Wildman–Crippen LogP) is 1.84. The Kier molecular flexibility index (Phi) is 4.82. The van der Waals surface area contributed by atoms with Crippen molar-refractivity contribution < 1.29 is 4.92 Å². The Morgan fingerprint density at radius 1 is 1.48 bits per heavy atom. The molecule has 2 N–H and O–H groups in total. The van der Waals surface area contributed by atoms with Crippen LogP contribution in [0.4, 0.5) is 11.5 Å². The number of piperidine rings is 1. The van der Waals surface area contributed by atoms with Crippen LogP contribution in [0.1, 0.15) is 38.8 Å². The van der Waals surface area contributed by atoms with E-state index in [0.717, 1.165) is 25.8 Å². The van der Waals surface area contributed by atoms with Crippen molar-refractivity contribution in [3.63, 3.8) is 0 Å². The number of nitrogens with zero attached hydrogens (tertiary/aromatic N) is 4. The molecule has 0 saturated carbocycles. The van der Waals surface area contributed by atoms with Gasteiger partial charge in [0.2, 0.25) is 5.82 Å². The summed E-state index contributed by atoms with van der Waals surface area (Å²) >= 11 is 0. The molecule has 21 heavy (non-hydrogen) atoms. The zero-order valence-corrected chi connectivity index (χ0v) is 13.1. The van der Waals surface area contributed by atoms with Crippen molar-refractivity contribution in [1.29, 1.82) is 0 Å². The number of aromatic nitrogens is 2. The normalized spacial score (nSPS) is 22.6. The van der Waals surface area contributed by atoms with Gasteiger partial charge in [-0.1, -0.05) is 20.3 Å². The minimum Gasteiger partial charge on any atom is -0.347 e. The molecule has 2 atom stereocenters. The molecule has 0 radical (unpaired) electrons. The molecule has 1 fully saturated rings. The van der Waals surface area contributed by atoms with Crippen molar-refractivity contribution in [2.24, 2.45) is 18.7 Å². The highest BCUT2D eigenvalue weighted by Gasteiger charge is 2.35. The van der Waals surface area contributed by atoms with Crippen molar-refractivity contribution in [3.05, 3.63) is 15.8 Å². The van der Waals surface area contributed by atoms with E-state index in [1.165, 1.54) is 0 Å². The molecule has 2 rings (SSSR count). The Balaban J connectivity index is 2.41. The summed E-state index contributed by atoms with van der Waals surface area (Å²) in [5, 5.41) is 15.8. The standard InChI is InChI=1S/C14H25N5O2/c1-4-10-6-7-18(11(8-10)9-15)14-13(19(20)21)12(5-2)16-17(14)3/h10-11H,4-9,15H2,1-3H3. The number of hydrogen-bond donors (Lipinski definition) is 1. The average molecular weight is 295 g/mol. The van der Waals surface area contributed by atoms with Gasteiger partial charge in [-0.3, -0.25) is 10.1 Å². The summed E-state index contributed by atoms with van der Waals surface area (Å²) in [7, 11) is 1.78. The SMILES string of the molecule is CCc1nn(C)c(N2CCC(CC)CC2CN)c1[N+](=O)[O-]. The molecular weight excluding hydrogens is 270 g/mol. The maximum atomic E-state index is 11.5. The molecule has 118 valence electrons. The minimum atomic E-state index is -0.305. The fourth-order valence-electron chi connectivity index (χ4n) is 3.31. The van der Waals surface area contributed by atoms with E-state index in [2.05, 4.69) is 16.9 Å². The first-order chi connectivity index (χ1) is 10.0. The van der Waals surface area contributed by atoms with Crippen LogP contribution >= 0.6 is 0 Å². The second kappa shape index (κ2) is 6.43. The number of nitrogens with two attached hydrogens (primary N) is 1. The summed E-state index contributed by atoms with van der Waals surface area (Å²) in [6.07, 6.45) is 3.74. The molecule has 0 aromatic carbocycles. The number of hydrogen-bond acceptors (Lipinski definition) is 5. The summed E-state index contributed by atoms with van der Waals surface area (Å²) in [6.45, 7) is 5.41. The van der Waals surface area contributed by atoms with Gasteiger partial charge < -0.3 is 10.6 Å². The van der Waals surface area contributed by atoms with E-state index in [4.69, 9.17) is 5.73 Å². The smallest absolute Gasteiger partial charge is 0.334 e. The lowest BCUT2D eigenvalue weighted by Gasteiger charge is -2.39. The topological polar surface area (TPSA) is 90.2 Å². The molecule has 1 aliphatic rings. The van der Waals surface area contributed by atoms with E-state index >= 15 is 0 Å². The first-order valence-electron chi connectivity index (χ1n) is 7.70. The van der Waals surface area contributed by atoms with Gasteiger partial charge in [-0.05, 0) is 25.2 Å². The molecule has 1 saturated heterocycles. The van der Waals surface area contributed by atoms with Crippen LogP contribution in [0.25, 0.3) is 0 Å². The Morgan fingerprint density at radius 3 is 2.71 bits per heavy atom. The third-order valence-corrected chi connectivity index (χ3v) is 4.53. The molecule has 1 aromatic heterocycles. The largest absolute Gasteiger partial charge is 0.347 e. The van der Waals surface area contributed by atoms with E-state index in [1.54, 1.807) is 11.7 Å². The van der Waals surface area contributed by atoms with Crippen LogP contribution in [0.5, 0.6) is 0 Å². The van der Waals surface area contributed by atoms with E-state index in [1.807, 2.05) is 6.92 Å². The van der Waals surface area contributed by atoms with Crippen molar-refractivity contribution >= 4 is 11.5 Å². The maximum Gasteiger partial charge on any atom is 0.334 e. The van der Waals surface area contributed by atoms with Gasteiger partial charge in [-0.2, -0.15) is 5.10 Å². The monoisotopic (exact) mass is 295 g/mol. The van der Waals surface area contributed by atoms with Gasteiger partial charge in [0.15, 0.2) is 0 Å². The molecule has 7 nitrogen and oxygen atoms in total. The number of anilines is 1. The van der Waals surface area contributed by atoms with E-state index < -0.39 is 0 Å². The first kappa shape index (κ1) is 15.8. The third-order valence-electron chi connectivity index (χ3n) is 4.53. The quantitative estimate of drug-likeness (QED) is 0.661. The minimum absolute atomic E-state index is 0.147. The van der Waals surface area contributed by atoms with Crippen molar-refractivity contribution in [2.75, 3.05) is 18.0 Å².